The molecule has 0 heterocycles. The molecule has 1 aliphatic rings. The molecule has 0 saturated heterocycles. The molecule has 0 radical (unpaired) electrons. The van der Waals surface area contributed by atoms with Gasteiger partial charge in [-0.3, -0.25) is 0 Å². The van der Waals surface area contributed by atoms with Gasteiger partial charge in [-0.05, 0) is 35.1 Å². The fraction of sp³-hybridized carbons (Fsp3) is 0.333. The summed E-state index contributed by atoms with van der Waals surface area (Å²) in [6.45, 7) is 4.50. The van der Waals surface area contributed by atoms with Gasteiger partial charge in [0.2, 0.25) is 0 Å². The lowest BCUT2D eigenvalue weighted by atomic mass is 9.94. The Morgan fingerprint density at radius 3 is 2.77 bits per heavy atom. The van der Waals surface area contributed by atoms with Gasteiger partial charge >= 0.3 is 0 Å². The minimum atomic E-state index is 0.627. The first-order chi connectivity index (χ1) is 6.20. The van der Waals surface area contributed by atoms with Crippen molar-refractivity contribution in [3.8, 4) is 0 Å². The lowest BCUT2D eigenvalue weighted by Crippen LogP contribution is -1.96. The molecule has 0 aliphatic heterocycles. The molecule has 1 heteroatoms. The molecule has 0 saturated carbocycles. The van der Waals surface area contributed by atoms with Gasteiger partial charge in [0.25, 0.3) is 0 Å². The van der Waals surface area contributed by atoms with E-state index in [1.54, 1.807) is 0 Å². The zero-order valence-corrected chi connectivity index (χ0v) is 9.56. The highest BCUT2D eigenvalue weighted by Gasteiger charge is 2.14. The van der Waals surface area contributed by atoms with Crippen LogP contribution in [0, 0.1) is 0 Å². The number of hydrogen-bond acceptors (Lipinski definition) is 0. The largest absolute Gasteiger partial charge is 0.0795 e. The van der Waals surface area contributed by atoms with Crippen LogP contribution >= 0.6 is 15.9 Å². The molecule has 2 rings (SSSR count). The summed E-state index contributed by atoms with van der Waals surface area (Å²) >= 11 is 3.58. The maximum atomic E-state index is 3.58. The molecule has 0 unspecified atom stereocenters. The van der Waals surface area contributed by atoms with Crippen LogP contribution < -0.4 is 0 Å². The van der Waals surface area contributed by atoms with E-state index in [2.05, 4.69) is 54.1 Å². The molecule has 0 spiro atoms. The van der Waals surface area contributed by atoms with Crippen molar-refractivity contribution in [3.63, 3.8) is 0 Å². The second-order valence-corrected chi connectivity index (χ2v) is 4.64. The van der Waals surface area contributed by atoms with Crippen molar-refractivity contribution in [1.29, 1.82) is 0 Å². The molecule has 0 N–H and O–H groups in total. The number of halogens is 1. The highest BCUT2D eigenvalue weighted by Crippen LogP contribution is 2.33. The fourth-order valence-corrected chi connectivity index (χ4v) is 2.40. The Morgan fingerprint density at radius 2 is 2.08 bits per heavy atom. The Kier molecular flexibility index (Phi) is 2.29. The van der Waals surface area contributed by atoms with Gasteiger partial charge in [0.1, 0.15) is 0 Å². The number of allylic oxidation sites excluding steroid dienone is 1. The van der Waals surface area contributed by atoms with Gasteiger partial charge in [-0.2, -0.15) is 0 Å². The van der Waals surface area contributed by atoms with E-state index in [0.29, 0.717) is 5.92 Å². The van der Waals surface area contributed by atoms with E-state index in [1.807, 2.05) is 0 Å². The quantitative estimate of drug-likeness (QED) is 0.688. The summed E-state index contributed by atoms with van der Waals surface area (Å²) in [6, 6.07) is 4.39. The van der Waals surface area contributed by atoms with Gasteiger partial charge in [0, 0.05) is 4.47 Å². The average Bonchev–Trinajstić information content (AvgIpc) is 2.53. The van der Waals surface area contributed by atoms with E-state index in [1.165, 1.54) is 21.2 Å². The maximum Gasteiger partial charge on any atom is 0.0250 e. The minimum Gasteiger partial charge on any atom is -0.0795 e. The van der Waals surface area contributed by atoms with E-state index in [0.717, 1.165) is 6.42 Å². The van der Waals surface area contributed by atoms with Gasteiger partial charge in [-0.1, -0.05) is 48.0 Å². The molecule has 0 nitrogen and oxygen atoms in total. The van der Waals surface area contributed by atoms with Gasteiger partial charge < -0.3 is 0 Å². The normalized spacial score (nSPS) is 13.8. The fourth-order valence-electron chi connectivity index (χ4n) is 1.90. The molecule has 0 atom stereocenters. The smallest absolute Gasteiger partial charge is 0.0250 e. The lowest BCUT2D eigenvalue weighted by Gasteiger charge is -2.12. The van der Waals surface area contributed by atoms with Crippen molar-refractivity contribution < 1.29 is 0 Å². The molecule has 68 valence electrons. The first kappa shape index (κ1) is 9.01. The summed E-state index contributed by atoms with van der Waals surface area (Å²) in [5.74, 6) is 0.627. The van der Waals surface area contributed by atoms with Gasteiger partial charge in [0.15, 0.2) is 0 Å². The topological polar surface area (TPSA) is 0 Å². The van der Waals surface area contributed by atoms with Crippen molar-refractivity contribution in [3.05, 3.63) is 39.4 Å². The van der Waals surface area contributed by atoms with E-state index < -0.39 is 0 Å². The molecule has 0 amide bonds. The first-order valence-electron chi connectivity index (χ1n) is 4.68. The number of hydrogen-bond donors (Lipinski definition) is 0. The second kappa shape index (κ2) is 3.30. The van der Waals surface area contributed by atoms with Crippen LogP contribution in [-0.2, 0) is 6.42 Å². The van der Waals surface area contributed by atoms with Crippen molar-refractivity contribution in [1.82, 2.24) is 0 Å². The molecule has 13 heavy (non-hydrogen) atoms. The molecular formula is C12H13Br. The summed E-state index contributed by atoms with van der Waals surface area (Å²) in [7, 11) is 0. The van der Waals surface area contributed by atoms with Crippen LogP contribution in [0.15, 0.2) is 22.7 Å². The molecule has 1 aromatic carbocycles. The number of benzene rings is 1. The summed E-state index contributed by atoms with van der Waals surface area (Å²) < 4.78 is 1.22. The van der Waals surface area contributed by atoms with Crippen LogP contribution in [-0.4, -0.2) is 0 Å². The Hall–Kier alpha value is -0.560. The van der Waals surface area contributed by atoms with Crippen molar-refractivity contribution in [2.75, 3.05) is 0 Å². The van der Waals surface area contributed by atoms with Crippen LogP contribution in [0.1, 0.15) is 36.5 Å². The average molecular weight is 237 g/mol. The highest BCUT2D eigenvalue weighted by atomic mass is 79.9. The lowest BCUT2D eigenvalue weighted by molar-refractivity contribution is 0.851. The third-order valence-corrected chi connectivity index (χ3v) is 3.26. The predicted octanol–water partition coefficient (Wildman–Crippen LogP) is 4.14. The van der Waals surface area contributed by atoms with E-state index in [4.69, 9.17) is 0 Å². The Morgan fingerprint density at radius 1 is 1.31 bits per heavy atom. The van der Waals surface area contributed by atoms with Crippen LogP contribution in [0.2, 0.25) is 0 Å². The van der Waals surface area contributed by atoms with Gasteiger partial charge in [-0.15, -0.1) is 0 Å². The van der Waals surface area contributed by atoms with E-state index in [-0.39, 0.29) is 0 Å². The summed E-state index contributed by atoms with van der Waals surface area (Å²) in [4.78, 5) is 0. The molecule has 0 fully saturated rings. The Balaban J connectivity index is 2.60. The van der Waals surface area contributed by atoms with Crippen LogP contribution in [0.25, 0.3) is 6.08 Å². The SMILES string of the molecule is CC(C)c1ccc(Br)c2c1CC=C2. The molecule has 1 aromatic rings. The van der Waals surface area contributed by atoms with Crippen LogP contribution in [0.5, 0.6) is 0 Å². The van der Waals surface area contributed by atoms with Crippen molar-refractivity contribution in [2.24, 2.45) is 0 Å². The van der Waals surface area contributed by atoms with Crippen LogP contribution in [0.4, 0.5) is 0 Å². The number of rotatable bonds is 1. The molecule has 0 aromatic heterocycles. The summed E-state index contributed by atoms with van der Waals surface area (Å²) in [5, 5.41) is 0. The molecule has 1 aliphatic carbocycles. The highest BCUT2D eigenvalue weighted by molar-refractivity contribution is 9.10. The summed E-state index contributed by atoms with van der Waals surface area (Å²) in [6.07, 6.45) is 5.55. The molecule has 0 bridgehead atoms. The zero-order chi connectivity index (χ0) is 9.42. The van der Waals surface area contributed by atoms with Gasteiger partial charge in [0.05, 0.1) is 0 Å². The standard InChI is InChI=1S/C12H13Br/c1-8(2)9-6-7-12(13)11-5-3-4-10(9)11/h3,5-8H,4H2,1-2H3. The Bertz CT molecular complexity index is 362. The van der Waals surface area contributed by atoms with Crippen molar-refractivity contribution in [2.45, 2.75) is 26.2 Å². The number of fused-ring (bicyclic) bond motifs is 1. The van der Waals surface area contributed by atoms with E-state index >= 15 is 0 Å². The minimum absolute atomic E-state index is 0.627. The predicted molar refractivity (Wildman–Crippen MR) is 61.0 cm³/mol. The van der Waals surface area contributed by atoms with Gasteiger partial charge in [-0.25, -0.2) is 0 Å². The van der Waals surface area contributed by atoms with Crippen LogP contribution in [0.3, 0.4) is 0 Å². The third-order valence-electron chi connectivity index (χ3n) is 2.57. The third kappa shape index (κ3) is 1.46. The zero-order valence-electron chi connectivity index (χ0n) is 7.97. The monoisotopic (exact) mass is 236 g/mol. The first-order valence-corrected chi connectivity index (χ1v) is 5.47. The Labute approximate surface area is 87.8 Å². The second-order valence-electron chi connectivity index (χ2n) is 3.79. The van der Waals surface area contributed by atoms with Crippen molar-refractivity contribution >= 4 is 22.0 Å². The maximum absolute atomic E-state index is 3.58. The van der Waals surface area contributed by atoms with E-state index in [9.17, 15) is 0 Å². The summed E-state index contributed by atoms with van der Waals surface area (Å²) in [5.41, 5.74) is 4.37. The molecular weight excluding hydrogens is 224 g/mol.